The minimum atomic E-state index is 0.181. The predicted octanol–water partition coefficient (Wildman–Crippen LogP) is 1.42. The monoisotopic (exact) mass is 124 g/mol. The predicted molar refractivity (Wildman–Crippen MR) is 38.0 cm³/mol. The Balaban J connectivity index is 2.65. The van der Waals surface area contributed by atoms with Gasteiger partial charge in [-0.25, -0.2) is 0 Å². The molecule has 1 heterocycles. The smallest absolute Gasteiger partial charge is 0.0445 e. The highest BCUT2D eigenvalue weighted by molar-refractivity contribution is 5.07. The number of nitrogens with two attached hydrogens (primary N) is 1. The van der Waals surface area contributed by atoms with Crippen LogP contribution >= 0.6 is 0 Å². The summed E-state index contributed by atoms with van der Waals surface area (Å²) < 4.78 is 0. The van der Waals surface area contributed by atoms with Gasteiger partial charge in [0.2, 0.25) is 0 Å². The molecule has 1 unspecified atom stereocenters. The number of nitrogens with one attached hydrogen (secondary N) is 1. The lowest BCUT2D eigenvalue weighted by molar-refractivity contribution is 0.680. The Morgan fingerprint density at radius 1 is 1.78 bits per heavy atom. The Kier molecular flexibility index (Phi) is 1.90. The molecule has 2 nitrogen and oxygen atoms in total. The van der Waals surface area contributed by atoms with Gasteiger partial charge in [-0.05, 0) is 18.6 Å². The van der Waals surface area contributed by atoms with Gasteiger partial charge in [0.15, 0.2) is 0 Å². The van der Waals surface area contributed by atoms with Crippen LogP contribution in [0, 0.1) is 0 Å². The van der Waals surface area contributed by atoms with Gasteiger partial charge in [0, 0.05) is 17.9 Å². The molecule has 50 valence electrons. The Hall–Kier alpha value is -0.760. The summed E-state index contributed by atoms with van der Waals surface area (Å²) in [5, 5.41) is 0. The third-order valence-corrected chi connectivity index (χ3v) is 1.46. The fourth-order valence-corrected chi connectivity index (χ4v) is 0.795. The summed E-state index contributed by atoms with van der Waals surface area (Å²) >= 11 is 0. The third-order valence-electron chi connectivity index (χ3n) is 1.46. The van der Waals surface area contributed by atoms with E-state index in [0.717, 1.165) is 12.1 Å². The zero-order valence-corrected chi connectivity index (χ0v) is 5.59. The minimum absolute atomic E-state index is 0.181. The van der Waals surface area contributed by atoms with Gasteiger partial charge in [0.1, 0.15) is 0 Å². The van der Waals surface area contributed by atoms with E-state index in [2.05, 4.69) is 11.9 Å². The fraction of sp³-hybridized carbons (Fsp3) is 0.429. The standard InChI is InChI=1S/C7H12N2/c1-2-6(8)7-4-3-5-9-7/h3-6,9H,2,8H2,1H3. The van der Waals surface area contributed by atoms with Gasteiger partial charge in [-0.3, -0.25) is 0 Å². The molecular formula is C7H12N2. The van der Waals surface area contributed by atoms with Gasteiger partial charge < -0.3 is 10.7 Å². The summed E-state index contributed by atoms with van der Waals surface area (Å²) in [7, 11) is 0. The first-order valence-corrected chi connectivity index (χ1v) is 3.23. The van der Waals surface area contributed by atoms with Crippen LogP contribution in [-0.2, 0) is 0 Å². The van der Waals surface area contributed by atoms with Crippen LogP contribution in [0.3, 0.4) is 0 Å². The average Bonchev–Trinajstić information content (AvgIpc) is 2.37. The highest BCUT2D eigenvalue weighted by Crippen LogP contribution is 2.08. The van der Waals surface area contributed by atoms with E-state index < -0.39 is 0 Å². The Bertz CT molecular complexity index is 155. The molecule has 0 aliphatic heterocycles. The number of hydrogen-bond acceptors (Lipinski definition) is 1. The molecule has 0 aliphatic rings. The molecule has 0 saturated carbocycles. The molecule has 9 heavy (non-hydrogen) atoms. The average molecular weight is 124 g/mol. The lowest BCUT2D eigenvalue weighted by Gasteiger charge is -2.03. The SMILES string of the molecule is CCC(N)c1ccc[nH]1. The molecule has 0 spiro atoms. The first kappa shape index (κ1) is 6.36. The zero-order chi connectivity index (χ0) is 6.69. The molecule has 0 amide bonds. The second-order valence-corrected chi connectivity index (χ2v) is 2.14. The van der Waals surface area contributed by atoms with Gasteiger partial charge in [-0.2, -0.15) is 0 Å². The van der Waals surface area contributed by atoms with Crippen molar-refractivity contribution in [3.63, 3.8) is 0 Å². The first-order valence-electron chi connectivity index (χ1n) is 3.23. The molecule has 0 saturated heterocycles. The van der Waals surface area contributed by atoms with Crippen molar-refractivity contribution in [3.05, 3.63) is 24.0 Å². The maximum atomic E-state index is 5.71. The number of rotatable bonds is 2. The van der Waals surface area contributed by atoms with Crippen molar-refractivity contribution in [2.75, 3.05) is 0 Å². The number of aromatic nitrogens is 1. The topological polar surface area (TPSA) is 41.8 Å². The van der Waals surface area contributed by atoms with E-state index in [9.17, 15) is 0 Å². The molecule has 2 heteroatoms. The molecule has 3 N–H and O–H groups in total. The highest BCUT2D eigenvalue weighted by Gasteiger charge is 2.00. The number of aromatic amines is 1. The van der Waals surface area contributed by atoms with Gasteiger partial charge >= 0.3 is 0 Å². The van der Waals surface area contributed by atoms with Gasteiger partial charge in [-0.1, -0.05) is 6.92 Å². The van der Waals surface area contributed by atoms with Crippen LogP contribution in [-0.4, -0.2) is 4.98 Å². The van der Waals surface area contributed by atoms with E-state index in [1.165, 1.54) is 0 Å². The summed E-state index contributed by atoms with van der Waals surface area (Å²) in [6, 6.07) is 4.15. The summed E-state index contributed by atoms with van der Waals surface area (Å²) in [6.07, 6.45) is 2.88. The van der Waals surface area contributed by atoms with Crippen LogP contribution in [0.5, 0.6) is 0 Å². The van der Waals surface area contributed by atoms with Crippen molar-refractivity contribution >= 4 is 0 Å². The van der Waals surface area contributed by atoms with E-state index in [1.807, 2.05) is 18.3 Å². The molecule has 1 aromatic rings. The molecule has 0 aromatic carbocycles. The Morgan fingerprint density at radius 3 is 3.00 bits per heavy atom. The van der Waals surface area contributed by atoms with Crippen molar-refractivity contribution in [3.8, 4) is 0 Å². The highest BCUT2D eigenvalue weighted by atomic mass is 14.8. The zero-order valence-electron chi connectivity index (χ0n) is 5.59. The van der Waals surface area contributed by atoms with Crippen LogP contribution in [0.4, 0.5) is 0 Å². The number of H-pyrrole nitrogens is 1. The Morgan fingerprint density at radius 2 is 2.56 bits per heavy atom. The molecule has 0 fully saturated rings. The molecule has 0 aliphatic carbocycles. The molecule has 0 radical (unpaired) electrons. The van der Waals surface area contributed by atoms with Gasteiger partial charge in [0.25, 0.3) is 0 Å². The third kappa shape index (κ3) is 1.33. The molecular weight excluding hydrogens is 112 g/mol. The minimum Gasteiger partial charge on any atom is -0.364 e. The second-order valence-electron chi connectivity index (χ2n) is 2.14. The molecule has 0 bridgehead atoms. The van der Waals surface area contributed by atoms with Crippen molar-refractivity contribution in [1.82, 2.24) is 4.98 Å². The lowest BCUT2D eigenvalue weighted by atomic mass is 10.2. The Labute approximate surface area is 55.1 Å². The first-order chi connectivity index (χ1) is 4.34. The van der Waals surface area contributed by atoms with Crippen LogP contribution in [0.25, 0.3) is 0 Å². The van der Waals surface area contributed by atoms with E-state index in [0.29, 0.717) is 0 Å². The largest absolute Gasteiger partial charge is 0.364 e. The van der Waals surface area contributed by atoms with Crippen molar-refractivity contribution in [2.24, 2.45) is 5.73 Å². The van der Waals surface area contributed by atoms with Gasteiger partial charge in [-0.15, -0.1) is 0 Å². The lowest BCUT2D eigenvalue weighted by Crippen LogP contribution is -2.08. The van der Waals surface area contributed by atoms with E-state index in [4.69, 9.17) is 5.73 Å². The fourth-order valence-electron chi connectivity index (χ4n) is 0.795. The second kappa shape index (κ2) is 2.69. The van der Waals surface area contributed by atoms with Crippen molar-refractivity contribution < 1.29 is 0 Å². The normalized spacial score (nSPS) is 13.6. The van der Waals surface area contributed by atoms with E-state index in [-0.39, 0.29) is 6.04 Å². The van der Waals surface area contributed by atoms with Crippen molar-refractivity contribution in [1.29, 1.82) is 0 Å². The van der Waals surface area contributed by atoms with Crippen LogP contribution in [0.2, 0.25) is 0 Å². The summed E-state index contributed by atoms with van der Waals surface area (Å²) in [6.45, 7) is 2.07. The van der Waals surface area contributed by atoms with Crippen LogP contribution in [0.1, 0.15) is 25.1 Å². The summed E-state index contributed by atoms with van der Waals surface area (Å²) in [5.41, 5.74) is 6.83. The van der Waals surface area contributed by atoms with Crippen LogP contribution in [0.15, 0.2) is 18.3 Å². The molecule has 1 aromatic heterocycles. The van der Waals surface area contributed by atoms with Crippen LogP contribution < -0.4 is 5.73 Å². The van der Waals surface area contributed by atoms with E-state index in [1.54, 1.807) is 0 Å². The summed E-state index contributed by atoms with van der Waals surface area (Å²) in [4.78, 5) is 3.06. The quantitative estimate of drug-likeness (QED) is 0.615. The molecule has 1 rings (SSSR count). The van der Waals surface area contributed by atoms with E-state index >= 15 is 0 Å². The van der Waals surface area contributed by atoms with Crippen molar-refractivity contribution in [2.45, 2.75) is 19.4 Å². The maximum absolute atomic E-state index is 5.71. The molecule has 1 atom stereocenters. The summed E-state index contributed by atoms with van der Waals surface area (Å²) in [5.74, 6) is 0. The van der Waals surface area contributed by atoms with Gasteiger partial charge in [0.05, 0.1) is 0 Å². The number of hydrogen-bond donors (Lipinski definition) is 2. The maximum Gasteiger partial charge on any atom is 0.0445 e.